The Morgan fingerprint density at radius 3 is 2.76 bits per heavy atom. The number of nitrogens with two attached hydrogens (primary N) is 1. The van der Waals surface area contributed by atoms with Crippen LogP contribution in [0.25, 0.3) is 0 Å². The van der Waals surface area contributed by atoms with Gasteiger partial charge < -0.3 is 10.5 Å². The van der Waals surface area contributed by atoms with E-state index >= 15 is 0 Å². The molecule has 1 unspecified atom stereocenters. The SMILES string of the molecule is CC(C)=CCOc1c(Cl)cccc1CC(C)N. The van der Waals surface area contributed by atoms with Gasteiger partial charge in [-0.05, 0) is 44.9 Å². The molecule has 0 heterocycles. The van der Waals surface area contributed by atoms with Gasteiger partial charge in [-0.2, -0.15) is 0 Å². The van der Waals surface area contributed by atoms with Crippen molar-refractivity contribution in [1.29, 1.82) is 0 Å². The summed E-state index contributed by atoms with van der Waals surface area (Å²) >= 11 is 6.14. The highest BCUT2D eigenvalue weighted by atomic mass is 35.5. The fourth-order valence-electron chi connectivity index (χ4n) is 1.51. The molecule has 3 heteroatoms. The lowest BCUT2D eigenvalue weighted by Gasteiger charge is -2.13. The van der Waals surface area contributed by atoms with Gasteiger partial charge in [0.2, 0.25) is 0 Å². The van der Waals surface area contributed by atoms with Gasteiger partial charge in [-0.3, -0.25) is 0 Å². The zero-order valence-electron chi connectivity index (χ0n) is 10.7. The summed E-state index contributed by atoms with van der Waals surface area (Å²) in [4.78, 5) is 0. The molecule has 0 saturated carbocycles. The first-order valence-electron chi connectivity index (χ1n) is 5.80. The maximum absolute atomic E-state index is 6.14. The molecule has 1 aromatic carbocycles. The minimum atomic E-state index is 0.0965. The predicted octanol–water partition coefficient (Wildman–Crippen LogP) is 3.57. The van der Waals surface area contributed by atoms with Crippen molar-refractivity contribution in [1.82, 2.24) is 0 Å². The Morgan fingerprint density at radius 2 is 2.18 bits per heavy atom. The molecule has 1 atom stereocenters. The third-order valence-corrected chi connectivity index (χ3v) is 2.61. The number of hydrogen-bond donors (Lipinski definition) is 1. The van der Waals surface area contributed by atoms with Gasteiger partial charge in [-0.1, -0.05) is 29.3 Å². The van der Waals surface area contributed by atoms with Crippen LogP contribution in [0.15, 0.2) is 29.8 Å². The Kier molecular flexibility index (Phi) is 5.52. The summed E-state index contributed by atoms with van der Waals surface area (Å²) in [5.41, 5.74) is 8.10. The second-order valence-electron chi connectivity index (χ2n) is 4.50. The van der Waals surface area contributed by atoms with Crippen molar-refractivity contribution in [3.05, 3.63) is 40.4 Å². The average molecular weight is 254 g/mol. The van der Waals surface area contributed by atoms with E-state index in [1.54, 1.807) is 0 Å². The van der Waals surface area contributed by atoms with Crippen molar-refractivity contribution in [3.8, 4) is 5.75 Å². The van der Waals surface area contributed by atoms with Crippen molar-refractivity contribution in [2.24, 2.45) is 5.73 Å². The van der Waals surface area contributed by atoms with Crippen molar-refractivity contribution in [3.63, 3.8) is 0 Å². The van der Waals surface area contributed by atoms with E-state index in [9.17, 15) is 0 Å². The number of para-hydroxylation sites is 1. The van der Waals surface area contributed by atoms with Gasteiger partial charge in [0.25, 0.3) is 0 Å². The van der Waals surface area contributed by atoms with Crippen LogP contribution in [0.2, 0.25) is 5.02 Å². The molecule has 94 valence electrons. The average Bonchev–Trinajstić information content (AvgIpc) is 2.21. The highest BCUT2D eigenvalue weighted by Gasteiger charge is 2.09. The Bertz CT molecular complexity index is 395. The van der Waals surface area contributed by atoms with Crippen molar-refractivity contribution >= 4 is 11.6 Å². The topological polar surface area (TPSA) is 35.2 Å². The van der Waals surface area contributed by atoms with Crippen LogP contribution in [0.5, 0.6) is 5.75 Å². The maximum atomic E-state index is 6.14. The lowest BCUT2D eigenvalue weighted by atomic mass is 10.1. The summed E-state index contributed by atoms with van der Waals surface area (Å²) in [7, 11) is 0. The summed E-state index contributed by atoms with van der Waals surface area (Å²) in [5.74, 6) is 0.754. The number of ether oxygens (including phenoxy) is 1. The van der Waals surface area contributed by atoms with E-state index < -0.39 is 0 Å². The summed E-state index contributed by atoms with van der Waals surface area (Å²) in [5, 5.41) is 0.644. The largest absolute Gasteiger partial charge is 0.488 e. The third-order valence-electron chi connectivity index (χ3n) is 2.31. The Labute approximate surface area is 108 Å². The van der Waals surface area contributed by atoms with Crippen molar-refractivity contribution in [2.75, 3.05) is 6.61 Å². The summed E-state index contributed by atoms with van der Waals surface area (Å²) in [6.07, 6.45) is 2.80. The van der Waals surface area contributed by atoms with Crippen LogP contribution in [0, 0.1) is 0 Å². The molecule has 0 aliphatic heterocycles. The quantitative estimate of drug-likeness (QED) is 0.815. The van der Waals surface area contributed by atoms with Gasteiger partial charge in [0, 0.05) is 6.04 Å². The van der Waals surface area contributed by atoms with E-state index in [0.29, 0.717) is 11.6 Å². The summed E-state index contributed by atoms with van der Waals surface area (Å²) in [6, 6.07) is 5.87. The molecule has 0 aliphatic rings. The lowest BCUT2D eigenvalue weighted by molar-refractivity contribution is 0.357. The standard InChI is InChI=1S/C14H20ClNO/c1-10(2)7-8-17-14-12(9-11(3)16)5-4-6-13(14)15/h4-7,11H,8-9,16H2,1-3H3. The molecule has 1 aromatic rings. The molecular weight excluding hydrogens is 234 g/mol. The number of rotatable bonds is 5. The minimum Gasteiger partial charge on any atom is -0.488 e. The molecule has 0 aromatic heterocycles. The third kappa shape index (κ3) is 4.80. The second-order valence-corrected chi connectivity index (χ2v) is 4.91. The molecule has 0 aliphatic carbocycles. The van der Waals surface area contributed by atoms with Gasteiger partial charge in [0.15, 0.2) is 0 Å². The zero-order valence-corrected chi connectivity index (χ0v) is 11.4. The first-order chi connectivity index (χ1) is 8.00. The van der Waals surface area contributed by atoms with Crippen LogP contribution in [-0.4, -0.2) is 12.6 Å². The van der Waals surface area contributed by atoms with E-state index in [2.05, 4.69) is 0 Å². The molecule has 0 saturated heterocycles. The molecule has 2 N–H and O–H groups in total. The normalized spacial score (nSPS) is 12.1. The highest BCUT2D eigenvalue weighted by molar-refractivity contribution is 6.32. The van der Waals surface area contributed by atoms with Gasteiger partial charge in [0.05, 0.1) is 5.02 Å². The van der Waals surface area contributed by atoms with Crippen LogP contribution >= 0.6 is 11.6 Å². The van der Waals surface area contributed by atoms with Crippen LogP contribution in [0.1, 0.15) is 26.3 Å². The number of halogens is 1. The monoisotopic (exact) mass is 253 g/mol. The molecule has 0 radical (unpaired) electrons. The Morgan fingerprint density at radius 1 is 1.47 bits per heavy atom. The lowest BCUT2D eigenvalue weighted by Crippen LogP contribution is -2.18. The number of benzene rings is 1. The van der Waals surface area contributed by atoms with E-state index in [-0.39, 0.29) is 6.04 Å². The number of allylic oxidation sites excluding steroid dienone is 1. The first kappa shape index (κ1) is 14.1. The summed E-state index contributed by atoms with van der Waals surface area (Å²) in [6.45, 7) is 6.59. The summed E-state index contributed by atoms with van der Waals surface area (Å²) < 4.78 is 5.72. The van der Waals surface area contributed by atoms with Gasteiger partial charge in [-0.15, -0.1) is 0 Å². The van der Waals surface area contributed by atoms with Gasteiger partial charge >= 0.3 is 0 Å². The Balaban J connectivity index is 2.84. The van der Waals surface area contributed by atoms with Crippen molar-refractivity contribution < 1.29 is 4.74 Å². The van der Waals surface area contributed by atoms with Gasteiger partial charge in [0.1, 0.15) is 12.4 Å². The molecular formula is C14H20ClNO. The fraction of sp³-hybridized carbons (Fsp3) is 0.429. The first-order valence-corrected chi connectivity index (χ1v) is 6.17. The van der Waals surface area contributed by atoms with Crippen molar-refractivity contribution in [2.45, 2.75) is 33.2 Å². The molecule has 0 amide bonds. The van der Waals surface area contributed by atoms with Gasteiger partial charge in [-0.25, -0.2) is 0 Å². The second kappa shape index (κ2) is 6.67. The van der Waals surface area contributed by atoms with Crippen LogP contribution in [-0.2, 0) is 6.42 Å². The van der Waals surface area contributed by atoms with E-state index in [1.807, 2.05) is 45.0 Å². The Hall–Kier alpha value is -0.990. The molecule has 17 heavy (non-hydrogen) atoms. The molecule has 1 rings (SSSR count). The predicted molar refractivity (Wildman–Crippen MR) is 73.7 cm³/mol. The highest BCUT2D eigenvalue weighted by Crippen LogP contribution is 2.29. The van der Waals surface area contributed by atoms with E-state index in [1.165, 1.54) is 5.57 Å². The number of hydrogen-bond acceptors (Lipinski definition) is 2. The fourth-order valence-corrected chi connectivity index (χ4v) is 1.76. The smallest absolute Gasteiger partial charge is 0.141 e. The van der Waals surface area contributed by atoms with Crippen LogP contribution in [0.3, 0.4) is 0 Å². The minimum absolute atomic E-state index is 0.0965. The zero-order chi connectivity index (χ0) is 12.8. The van der Waals surface area contributed by atoms with Crippen LogP contribution in [0.4, 0.5) is 0 Å². The van der Waals surface area contributed by atoms with Crippen LogP contribution < -0.4 is 10.5 Å². The molecule has 0 bridgehead atoms. The molecule has 0 spiro atoms. The van der Waals surface area contributed by atoms with E-state index in [0.717, 1.165) is 17.7 Å². The molecule has 2 nitrogen and oxygen atoms in total. The van der Waals surface area contributed by atoms with E-state index in [4.69, 9.17) is 22.1 Å². The molecule has 0 fully saturated rings. The maximum Gasteiger partial charge on any atom is 0.141 e.